The second-order valence-electron chi connectivity index (χ2n) is 3.83. The third-order valence-corrected chi connectivity index (χ3v) is 3.56. The number of aromatic nitrogens is 1. The number of pyridine rings is 1. The molecule has 0 amide bonds. The summed E-state index contributed by atoms with van der Waals surface area (Å²) in [6.45, 7) is 1.40. The van der Waals surface area contributed by atoms with Crippen molar-refractivity contribution in [1.82, 2.24) is 4.98 Å². The summed E-state index contributed by atoms with van der Waals surface area (Å²) in [7, 11) is 1.57. The molecule has 0 saturated heterocycles. The van der Waals surface area contributed by atoms with Crippen molar-refractivity contribution in [2.45, 2.75) is 11.8 Å². The Kier molecular flexibility index (Phi) is 3.43. The van der Waals surface area contributed by atoms with E-state index >= 15 is 0 Å². The summed E-state index contributed by atoms with van der Waals surface area (Å²) in [4.78, 5) is 26.9. The Morgan fingerprint density at radius 1 is 1.39 bits per heavy atom. The van der Waals surface area contributed by atoms with Crippen LogP contribution in [0.15, 0.2) is 27.9 Å². The molecule has 0 saturated carbocycles. The molecule has 18 heavy (non-hydrogen) atoms. The maximum atomic E-state index is 11.9. The SMILES string of the molecule is COc1ccc2c(SC)c(C(C)=O)c(=O)[nH]c2c1. The van der Waals surface area contributed by atoms with Crippen LogP contribution >= 0.6 is 11.8 Å². The number of H-pyrrole nitrogens is 1. The monoisotopic (exact) mass is 263 g/mol. The van der Waals surface area contributed by atoms with E-state index in [0.717, 1.165) is 5.39 Å². The van der Waals surface area contributed by atoms with Crippen LogP contribution in [0, 0.1) is 0 Å². The molecule has 0 aliphatic carbocycles. The van der Waals surface area contributed by atoms with E-state index in [9.17, 15) is 9.59 Å². The van der Waals surface area contributed by atoms with Crippen molar-refractivity contribution >= 4 is 28.4 Å². The van der Waals surface area contributed by atoms with E-state index in [2.05, 4.69) is 4.98 Å². The number of rotatable bonds is 3. The Bertz CT molecular complexity index is 676. The summed E-state index contributed by atoms with van der Waals surface area (Å²) in [6, 6.07) is 5.41. The van der Waals surface area contributed by atoms with E-state index < -0.39 is 0 Å². The molecule has 1 heterocycles. The molecule has 1 N–H and O–H groups in total. The van der Waals surface area contributed by atoms with Gasteiger partial charge in [0.2, 0.25) is 0 Å². The highest BCUT2D eigenvalue weighted by atomic mass is 32.2. The Hall–Kier alpha value is -1.75. The Morgan fingerprint density at radius 3 is 2.67 bits per heavy atom. The van der Waals surface area contributed by atoms with Crippen LogP contribution in [0.3, 0.4) is 0 Å². The Balaban J connectivity index is 2.88. The third-order valence-electron chi connectivity index (χ3n) is 2.73. The fraction of sp³-hybridized carbons (Fsp3) is 0.231. The average Bonchev–Trinajstić information content (AvgIpc) is 2.35. The van der Waals surface area contributed by atoms with Crippen LogP contribution in [0.1, 0.15) is 17.3 Å². The molecule has 0 unspecified atom stereocenters. The fourth-order valence-electron chi connectivity index (χ4n) is 1.91. The van der Waals surface area contributed by atoms with Gasteiger partial charge in [-0.25, -0.2) is 0 Å². The highest BCUT2D eigenvalue weighted by Crippen LogP contribution is 2.29. The van der Waals surface area contributed by atoms with E-state index in [1.807, 2.05) is 18.4 Å². The number of hydrogen-bond donors (Lipinski definition) is 1. The number of benzene rings is 1. The van der Waals surface area contributed by atoms with Crippen molar-refractivity contribution in [3.63, 3.8) is 0 Å². The van der Waals surface area contributed by atoms with E-state index in [0.29, 0.717) is 16.2 Å². The van der Waals surface area contributed by atoms with Gasteiger partial charge in [-0.05, 0) is 25.3 Å². The molecular weight excluding hydrogens is 250 g/mol. The van der Waals surface area contributed by atoms with E-state index in [1.54, 1.807) is 13.2 Å². The number of aromatic amines is 1. The van der Waals surface area contributed by atoms with Crippen molar-refractivity contribution in [1.29, 1.82) is 0 Å². The third kappa shape index (κ3) is 2.01. The lowest BCUT2D eigenvalue weighted by Crippen LogP contribution is -2.17. The van der Waals surface area contributed by atoms with Crippen LogP contribution in [0.4, 0.5) is 0 Å². The normalized spacial score (nSPS) is 10.6. The van der Waals surface area contributed by atoms with Crippen molar-refractivity contribution in [2.24, 2.45) is 0 Å². The van der Waals surface area contributed by atoms with Gasteiger partial charge in [0.1, 0.15) is 5.75 Å². The molecule has 0 spiro atoms. The van der Waals surface area contributed by atoms with Crippen LogP contribution in [0.25, 0.3) is 10.9 Å². The lowest BCUT2D eigenvalue weighted by Gasteiger charge is -2.09. The maximum absolute atomic E-state index is 11.9. The predicted molar refractivity (Wildman–Crippen MR) is 72.9 cm³/mol. The summed E-state index contributed by atoms with van der Waals surface area (Å²) < 4.78 is 5.12. The molecule has 5 heteroatoms. The Morgan fingerprint density at radius 2 is 2.11 bits per heavy atom. The minimum atomic E-state index is -0.354. The van der Waals surface area contributed by atoms with Crippen LogP contribution in [-0.2, 0) is 0 Å². The minimum absolute atomic E-state index is 0.222. The molecule has 0 radical (unpaired) electrons. The second kappa shape index (κ2) is 4.86. The van der Waals surface area contributed by atoms with E-state index in [-0.39, 0.29) is 16.9 Å². The Labute approximate surface area is 108 Å². The van der Waals surface area contributed by atoms with E-state index in [4.69, 9.17) is 4.74 Å². The number of ketones is 1. The van der Waals surface area contributed by atoms with Crippen LogP contribution < -0.4 is 10.3 Å². The van der Waals surface area contributed by atoms with Gasteiger partial charge in [0.25, 0.3) is 5.56 Å². The number of fused-ring (bicyclic) bond motifs is 1. The highest BCUT2D eigenvalue weighted by molar-refractivity contribution is 7.99. The molecule has 0 aliphatic heterocycles. The van der Waals surface area contributed by atoms with Gasteiger partial charge in [-0.15, -0.1) is 11.8 Å². The summed E-state index contributed by atoms with van der Waals surface area (Å²) in [5.41, 5.74) is 0.543. The predicted octanol–water partition coefficient (Wildman–Crippen LogP) is 2.46. The van der Waals surface area contributed by atoms with Gasteiger partial charge in [-0.1, -0.05) is 0 Å². The zero-order chi connectivity index (χ0) is 13.3. The van der Waals surface area contributed by atoms with Crippen LogP contribution in [0.2, 0.25) is 0 Å². The van der Waals surface area contributed by atoms with Gasteiger partial charge < -0.3 is 9.72 Å². The van der Waals surface area contributed by atoms with Crippen molar-refractivity contribution < 1.29 is 9.53 Å². The maximum Gasteiger partial charge on any atom is 0.260 e. The van der Waals surface area contributed by atoms with Gasteiger partial charge in [0, 0.05) is 16.3 Å². The number of hydrogen-bond acceptors (Lipinski definition) is 4. The zero-order valence-corrected chi connectivity index (χ0v) is 11.2. The number of carbonyl (C=O) groups is 1. The van der Waals surface area contributed by atoms with E-state index in [1.165, 1.54) is 18.7 Å². The first-order valence-electron chi connectivity index (χ1n) is 5.37. The number of carbonyl (C=O) groups excluding carboxylic acids is 1. The molecule has 2 rings (SSSR count). The summed E-state index contributed by atoms with van der Waals surface area (Å²) in [6.07, 6.45) is 1.85. The topological polar surface area (TPSA) is 59.2 Å². The zero-order valence-electron chi connectivity index (χ0n) is 10.4. The molecule has 1 aromatic carbocycles. The standard InChI is InChI=1S/C13H13NO3S/c1-7(15)11-12(18-3)9-5-4-8(17-2)6-10(9)14-13(11)16/h4-6H,1-3H3,(H,14,16). The lowest BCUT2D eigenvalue weighted by molar-refractivity contribution is 0.101. The molecule has 94 valence electrons. The molecular formula is C13H13NO3S. The second-order valence-corrected chi connectivity index (χ2v) is 4.65. The van der Waals surface area contributed by atoms with Crippen molar-refractivity contribution in [3.8, 4) is 5.75 Å². The number of ether oxygens (including phenoxy) is 1. The molecule has 1 aromatic heterocycles. The van der Waals surface area contributed by atoms with Gasteiger partial charge in [0.05, 0.1) is 18.2 Å². The van der Waals surface area contributed by atoms with Gasteiger partial charge in [-0.2, -0.15) is 0 Å². The van der Waals surface area contributed by atoms with Gasteiger partial charge in [0.15, 0.2) is 5.78 Å². The lowest BCUT2D eigenvalue weighted by atomic mass is 10.1. The van der Waals surface area contributed by atoms with Gasteiger partial charge >= 0.3 is 0 Å². The fourth-order valence-corrected chi connectivity index (χ4v) is 2.74. The first-order valence-corrected chi connectivity index (χ1v) is 6.60. The van der Waals surface area contributed by atoms with Crippen LogP contribution in [0.5, 0.6) is 5.75 Å². The van der Waals surface area contributed by atoms with Gasteiger partial charge in [-0.3, -0.25) is 9.59 Å². The molecule has 0 fully saturated rings. The van der Waals surface area contributed by atoms with Crippen LogP contribution in [-0.4, -0.2) is 24.1 Å². The molecule has 0 atom stereocenters. The molecule has 0 aliphatic rings. The van der Waals surface area contributed by atoms with Crippen molar-refractivity contribution in [3.05, 3.63) is 34.1 Å². The number of Topliss-reactive ketones (excluding diaryl/α,β-unsaturated/α-hetero) is 1. The summed E-state index contributed by atoms with van der Waals surface area (Å²) >= 11 is 1.40. The van der Waals surface area contributed by atoms with Crippen molar-refractivity contribution in [2.75, 3.05) is 13.4 Å². The summed E-state index contributed by atoms with van der Waals surface area (Å²) in [5, 5.41) is 0.855. The first kappa shape index (κ1) is 12.7. The minimum Gasteiger partial charge on any atom is -0.497 e. The quantitative estimate of drug-likeness (QED) is 0.682. The number of nitrogens with one attached hydrogen (secondary N) is 1. The summed E-state index contributed by atoms with van der Waals surface area (Å²) in [5.74, 6) is 0.444. The smallest absolute Gasteiger partial charge is 0.260 e. The number of thioether (sulfide) groups is 1. The molecule has 0 bridgehead atoms. The molecule has 2 aromatic rings. The number of methoxy groups -OCH3 is 1. The highest BCUT2D eigenvalue weighted by Gasteiger charge is 2.15. The largest absolute Gasteiger partial charge is 0.497 e. The first-order chi connectivity index (χ1) is 8.58. The molecule has 4 nitrogen and oxygen atoms in total. The average molecular weight is 263 g/mol.